The van der Waals surface area contributed by atoms with E-state index in [0.717, 1.165) is 28.0 Å². The summed E-state index contributed by atoms with van der Waals surface area (Å²) in [5.74, 6) is -2.53. The number of halogens is 2. The smallest absolute Gasteiger partial charge is 0.305 e. The molecule has 1 aromatic heterocycles. The number of hydrogen-bond donors (Lipinski definition) is 2. The summed E-state index contributed by atoms with van der Waals surface area (Å²) in [6, 6.07) is 14.7. The molecule has 2 aliphatic heterocycles. The van der Waals surface area contributed by atoms with Crippen molar-refractivity contribution >= 4 is 81.1 Å². The van der Waals surface area contributed by atoms with Crippen molar-refractivity contribution in [1.82, 2.24) is 4.98 Å². The first-order valence-corrected chi connectivity index (χ1v) is 15.6. The molecular formula is C29H20Cl2N4O8S2. The number of hydrogen-bond acceptors (Lipinski definition) is 10. The quantitative estimate of drug-likeness (QED) is 0.139. The van der Waals surface area contributed by atoms with Gasteiger partial charge >= 0.3 is 4.87 Å². The second-order valence-corrected chi connectivity index (χ2v) is 12.9. The number of anilines is 2. The van der Waals surface area contributed by atoms with Gasteiger partial charge in [-0.05, 0) is 48.0 Å². The fourth-order valence-corrected chi connectivity index (χ4v) is 8.08. The zero-order chi connectivity index (χ0) is 32.0. The monoisotopic (exact) mass is 686 g/mol. The number of methoxy groups -OCH3 is 1. The van der Waals surface area contributed by atoms with Gasteiger partial charge in [-0.25, -0.2) is 4.90 Å². The fraction of sp³-hybridized carbons (Fsp3) is 0.172. The molecule has 3 amide bonds. The number of nitro groups is 1. The summed E-state index contributed by atoms with van der Waals surface area (Å²) in [6.45, 7) is -0.360. The lowest BCUT2D eigenvalue weighted by Crippen LogP contribution is -2.32. The van der Waals surface area contributed by atoms with E-state index in [4.69, 9.17) is 32.7 Å². The second-order valence-electron chi connectivity index (χ2n) is 9.91. The lowest BCUT2D eigenvalue weighted by atomic mass is 9.83. The first kappa shape index (κ1) is 30.6. The van der Waals surface area contributed by atoms with Crippen molar-refractivity contribution in [3.8, 4) is 11.5 Å². The Morgan fingerprint density at radius 3 is 2.47 bits per heavy atom. The molecule has 0 saturated carbocycles. The summed E-state index contributed by atoms with van der Waals surface area (Å²) in [5, 5.41) is 14.0. The zero-order valence-electron chi connectivity index (χ0n) is 22.9. The Balaban J connectivity index is 1.28. The molecule has 1 saturated heterocycles. The predicted molar refractivity (Wildman–Crippen MR) is 169 cm³/mol. The molecular weight excluding hydrogens is 667 g/mol. The van der Waals surface area contributed by atoms with Crippen LogP contribution < -0.4 is 24.6 Å². The number of thioether (sulfide) groups is 1. The van der Waals surface area contributed by atoms with Crippen molar-refractivity contribution in [3.63, 3.8) is 0 Å². The molecule has 4 aromatic rings. The van der Waals surface area contributed by atoms with Crippen molar-refractivity contribution in [2.45, 2.75) is 16.2 Å². The van der Waals surface area contributed by atoms with Crippen molar-refractivity contribution in [1.29, 1.82) is 0 Å². The van der Waals surface area contributed by atoms with Gasteiger partial charge in [-0.3, -0.25) is 29.3 Å². The van der Waals surface area contributed by atoms with Crippen LogP contribution >= 0.6 is 46.3 Å². The minimum Gasteiger partial charge on any atom is -0.493 e. The van der Waals surface area contributed by atoms with Gasteiger partial charge in [0.05, 0.1) is 38.7 Å². The van der Waals surface area contributed by atoms with Crippen molar-refractivity contribution in [2.24, 2.45) is 5.92 Å². The highest BCUT2D eigenvalue weighted by molar-refractivity contribution is 8.00. The zero-order valence-corrected chi connectivity index (χ0v) is 26.1. The molecule has 6 rings (SSSR count). The number of rotatable bonds is 8. The Kier molecular flexibility index (Phi) is 8.31. The normalized spacial score (nSPS) is 18.7. The van der Waals surface area contributed by atoms with Gasteiger partial charge in [0.25, 0.3) is 11.6 Å². The van der Waals surface area contributed by atoms with Gasteiger partial charge in [0, 0.05) is 28.6 Å². The number of aromatic amines is 1. The minimum atomic E-state index is -0.884. The molecule has 45 heavy (non-hydrogen) atoms. The number of nitrogens with zero attached hydrogens (tertiary/aromatic N) is 2. The summed E-state index contributed by atoms with van der Waals surface area (Å²) in [7, 11) is 1.42. The predicted octanol–water partition coefficient (Wildman–Crippen LogP) is 5.47. The third-order valence-corrected chi connectivity index (χ3v) is 10.4. The number of thiazole rings is 1. The van der Waals surface area contributed by atoms with Crippen LogP contribution in [0.4, 0.5) is 17.1 Å². The molecule has 2 N–H and O–H groups in total. The maximum absolute atomic E-state index is 13.9. The third kappa shape index (κ3) is 5.77. The molecule has 230 valence electrons. The Labute approximate surface area is 272 Å². The van der Waals surface area contributed by atoms with Crippen molar-refractivity contribution in [3.05, 3.63) is 101 Å². The van der Waals surface area contributed by atoms with Crippen LogP contribution in [0.1, 0.15) is 16.4 Å². The van der Waals surface area contributed by atoms with Crippen molar-refractivity contribution < 1.29 is 28.8 Å². The van der Waals surface area contributed by atoms with E-state index in [-0.39, 0.29) is 39.4 Å². The number of non-ortho nitro benzene ring substituents is 1. The average Bonchev–Trinajstić information content (AvgIpc) is 3.51. The van der Waals surface area contributed by atoms with Crippen LogP contribution in [0, 0.1) is 16.0 Å². The van der Waals surface area contributed by atoms with Crippen LogP contribution in [0.15, 0.2) is 70.5 Å². The van der Waals surface area contributed by atoms with Gasteiger partial charge in [-0.2, -0.15) is 0 Å². The van der Waals surface area contributed by atoms with Gasteiger partial charge in [0.15, 0.2) is 18.1 Å². The summed E-state index contributed by atoms with van der Waals surface area (Å²) in [5.41, 5.74) is 1.05. The van der Waals surface area contributed by atoms with E-state index >= 15 is 0 Å². The molecule has 16 heteroatoms. The van der Waals surface area contributed by atoms with Gasteiger partial charge in [-0.1, -0.05) is 52.4 Å². The van der Waals surface area contributed by atoms with Gasteiger partial charge in [0.2, 0.25) is 11.8 Å². The van der Waals surface area contributed by atoms with E-state index < -0.39 is 39.7 Å². The first-order valence-electron chi connectivity index (χ1n) is 13.1. The number of carbonyl (C=O) groups is 3. The van der Waals surface area contributed by atoms with Crippen molar-refractivity contribution in [2.75, 3.05) is 23.9 Å². The van der Waals surface area contributed by atoms with E-state index in [9.17, 15) is 29.3 Å². The highest BCUT2D eigenvalue weighted by Gasteiger charge is 2.56. The standard InChI is InChI=1S/C29H20Cl2N4O8S2/c1-42-20-10-13(2-9-19(20)43-12-21(36)32-14-3-8-17(30)18(31)11-14)22-23-25(44-26-24(22)45-29(39)33-26)28(38)34(27(23)37)15-4-6-16(7-5-15)35(40)41/h2-11,22-23,25H,12H2,1H3,(H,32,36)(H,33,39)/t22-,23?,25?/m1/s1. The van der Waals surface area contributed by atoms with Crippen LogP contribution in [0.2, 0.25) is 10.0 Å². The number of H-pyrrole nitrogens is 1. The maximum Gasteiger partial charge on any atom is 0.305 e. The molecule has 3 heterocycles. The Morgan fingerprint density at radius 1 is 1.02 bits per heavy atom. The molecule has 0 bridgehead atoms. The number of amides is 3. The molecule has 3 atom stereocenters. The largest absolute Gasteiger partial charge is 0.493 e. The Bertz CT molecular complexity index is 1930. The number of ether oxygens (including phenoxy) is 2. The SMILES string of the molecule is COc1cc([C@H]2c3sc(=O)[nH]c3SC3C(=O)N(c4ccc([N+](=O)[O-])cc4)C(=O)C32)ccc1OCC(=O)Nc1ccc(Cl)c(Cl)c1. The van der Waals surface area contributed by atoms with E-state index in [1.807, 2.05) is 0 Å². The molecule has 3 aromatic carbocycles. The average molecular weight is 688 g/mol. The number of nitro benzene ring substituents is 1. The van der Waals surface area contributed by atoms with Crippen LogP contribution in [0.3, 0.4) is 0 Å². The lowest BCUT2D eigenvalue weighted by Gasteiger charge is -2.30. The molecule has 2 aliphatic rings. The van der Waals surface area contributed by atoms with E-state index in [1.54, 1.807) is 30.3 Å². The Hall–Kier alpha value is -4.37. The van der Waals surface area contributed by atoms with E-state index in [1.165, 1.54) is 37.4 Å². The fourth-order valence-electron chi connectivity index (χ4n) is 5.27. The topological polar surface area (TPSA) is 161 Å². The molecule has 2 unspecified atom stereocenters. The molecule has 0 spiro atoms. The third-order valence-electron chi connectivity index (χ3n) is 7.25. The molecule has 1 fully saturated rings. The van der Waals surface area contributed by atoms with Crippen LogP contribution in [0.5, 0.6) is 11.5 Å². The summed E-state index contributed by atoms with van der Waals surface area (Å²) in [4.78, 5) is 67.1. The number of carbonyl (C=O) groups excluding carboxylic acids is 3. The van der Waals surface area contributed by atoms with Gasteiger partial charge < -0.3 is 19.8 Å². The summed E-state index contributed by atoms with van der Waals surface area (Å²) < 4.78 is 11.3. The molecule has 0 aliphatic carbocycles. The van der Waals surface area contributed by atoms with Crippen LogP contribution in [-0.2, 0) is 14.4 Å². The van der Waals surface area contributed by atoms with E-state index in [0.29, 0.717) is 26.2 Å². The lowest BCUT2D eigenvalue weighted by molar-refractivity contribution is -0.384. The van der Waals surface area contributed by atoms with Crippen LogP contribution in [-0.4, -0.2) is 46.6 Å². The minimum absolute atomic E-state index is 0.177. The molecule has 0 radical (unpaired) electrons. The number of benzene rings is 3. The second kappa shape index (κ2) is 12.2. The van der Waals surface area contributed by atoms with Crippen LogP contribution in [0.25, 0.3) is 0 Å². The first-order chi connectivity index (χ1) is 21.5. The Morgan fingerprint density at radius 2 is 1.78 bits per heavy atom. The summed E-state index contributed by atoms with van der Waals surface area (Å²) >= 11 is 14.0. The van der Waals surface area contributed by atoms with Gasteiger partial charge in [0.1, 0.15) is 5.25 Å². The highest BCUT2D eigenvalue weighted by Crippen LogP contribution is 2.53. The van der Waals surface area contributed by atoms with E-state index in [2.05, 4.69) is 10.3 Å². The number of aromatic nitrogens is 1. The number of nitrogens with one attached hydrogen (secondary N) is 2. The number of imide groups is 1. The maximum atomic E-state index is 13.9. The number of fused-ring (bicyclic) bond motifs is 2. The highest BCUT2D eigenvalue weighted by atomic mass is 35.5. The van der Waals surface area contributed by atoms with Gasteiger partial charge in [-0.15, -0.1) is 0 Å². The summed E-state index contributed by atoms with van der Waals surface area (Å²) in [6.07, 6.45) is 0. The molecule has 12 nitrogen and oxygen atoms in total.